The van der Waals surface area contributed by atoms with E-state index in [4.69, 9.17) is 20.7 Å². The number of nitrogens with one attached hydrogen (secondary N) is 1. The highest BCUT2D eigenvalue weighted by atomic mass is 32.8. The molecule has 10 nitrogen and oxygen atoms in total. The molecule has 0 radical (unpaired) electrons. The summed E-state index contributed by atoms with van der Waals surface area (Å²) in [6.07, 6.45) is -0.865. The highest BCUT2D eigenvalue weighted by Crippen LogP contribution is 2.33. The van der Waals surface area contributed by atoms with Crippen molar-refractivity contribution in [1.82, 2.24) is 10.2 Å². The van der Waals surface area contributed by atoms with Gasteiger partial charge in [0.2, 0.25) is 5.91 Å². The Bertz CT molecular complexity index is 1260. The van der Waals surface area contributed by atoms with E-state index in [0.29, 0.717) is 11.1 Å². The minimum atomic E-state index is -1.08. The van der Waals surface area contributed by atoms with Crippen LogP contribution in [-0.2, 0) is 46.3 Å². The Morgan fingerprint density at radius 3 is 2.32 bits per heavy atom. The molecule has 0 bridgehead atoms. The van der Waals surface area contributed by atoms with Crippen LogP contribution in [0.1, 0.15) is 33.3 Å². The predicted molar refractivity (Wildman–Crippen MR) is 145 cm³/mol. The van der Waals surface area contributed by atoms with Gasteiger partial charge in [-0.05, 0) is 74.3 Å². The molecule has 38 heavy (non-hydrogen) atoms. The molecule has 12 heteroatoms. The van der Waals surface area contributed by atoms with Crippen molar-refractivity contribution in [2.24, 2.45) is 0 Å². The van der Waals surface area contributed by atoms with Crippen LogP contribution < -0.4 is 5.32 Å². The zero-order chi connectivity index (χ0) is 28.2. The van der Waals surface area contributed by atoms with Crippen molar-refractivity contribution >= 4 is 44.3 Å². The van der Waals surface area contributed by atoms with Gasteiger partial charge in [0, 0.05) is 17.0 Å². The van der Waals surface area contributed by atoms with E-state index in [1.807, 2.05) is 30.3 Å². The lowest BCUT2D eigenvalue weighted by Crippen LogP contribution is -2.75. The molecule has 2 aromatic rings. The Kier molecular flexibility index (Phi) is 9.00. The lowest BCUT2D eigenvalue weighted by Gasteiger charge is -2.50. The summed E-state index contributed by atoms with van der Waals surface area (Å²) in [6, 6.07) is 12.5. The summed E-state index contributed by atoms with van der Waals surface area (Å²) < 4.78 is 10.8. The quantitative estimate of drug-likeness (QED) is 0.162. The normalized spacial score (nSPS) is 18.5. The van der Waals surface area contributed by atoms with E-state index in [0.717, 1.165) is 4.90 Å². The molecular weight excluding hydrogens is 530 g/mol. The molecule has 0 spiro atoms. The van der Waals surface area contributed by atoms with E-state index in [9.17, 15) is 24.5 Å². The van der Waals surface area contributed by atoms with Crippen molar-refractivity contribution in [2.75, 3.05) is 0 Å². The number of rotatable bonds is 9. The van der Waals surface area contributed by atoms with Crippen LogP contribution in [0.25, 0.3) is 0 Å². The summed E-state index contributed by atoms with van der Waals surface area (Å²) in [6.45, 7) is 10.5. The highest BCUT2D eigenvalue weighted by Gasteiger charge is 2.55. The van der Waals surface area contributed by atoms with Gasteiger partial charge in [-0.3, -0.25) is 14.9 Å². The summed E-state index contributed by atoms with van der Waals surface area (Å²) in [5.41, 5.74) is 0.0553. The predicted octanol–water partition coefficient (Wildman–Crippen LogP) is 3.78. The molecule has 1 N–H and O–H groups in total. The van der Waals surface area contributed by atoms with Crippen molar-refractivity contribution in [3.8, 4) is 0 Å². The van der Waals surface area contributed by atoms with Gasteiger partial charge in [-0.2, -0.15) is 0 Å². The minimum Gasteiger partial charge on any atom is -0.458 e. The summed E-state index contributed by atoms with van der Waals surface area (Å²) in [5.74, 6) is -1.15. The van der Waals surface area contributed by atoms with Crippen molar-refractivity contribution in [1.29, 1.82) is 0 Å². The van der Waals surface area contributed by atoms with Crippen LogP contribution in [0.15, 0.2) is 71.6 Å². The lowest BCUT2D eigenvalue weighted by atomic mass is 9.99. The maximum absolute atomic E-state index is 13.3. The van der Waals surface area contributed by atoms with E-state index >= 15 is 0 Å². The van der Waals surface area contributed by atoms with Crippen LogP contribution in [0.2, 0.25) is 0 Å². The second-order valence-electron chi connectivity index (χ2n) is 9.65. The number of amides is 2. The molecule has 0 aliphatic carbocycles. The van der Waals surface area contributed by atoms with E-state index in [-0.39, 0.29) is 12.3 Å². The molecule has 2 aromatic carbocycles. The van der Waals surface area contributed by atoms with Gasteiger partial charge in [0.15, 0.2) is 6.04 Å². The Hall–Kier alpha value is -3.64. The van der Waals surface area contributed by atoms with Gasteiger partial charge >= 0.3 is 12.1 Å². The lowest BCUT2D eigenvalue weighted by molar-refractivity contribution is -0.384. The number of hydrogen-bond donors (Lipinski definition) is 1. The van der Waals surface area contributed by atoms with Crippen molar-refractivity contribution in [3.63, 3.8) is 0 Å². The number of nitro benzene ring substituents is 1. The molecule has 1 saturated heterocycles. The number of carbonyl (C=O) groups excluding carboxylic acids is 3. The number of non-ortho nitro benzene ring substituents is 1. The van der Waals surface area contributed by atoms with Crippen LogP contribution in [0.3, 0.4) is 0 Å². The molecular formula is C26H29N3O7S2. The second-order valence-corrected chi connectivity index (χ2v) is 12.3. The average molecular weight is 560 g/mol. The van der Waals surface area contributed by atoms with Gasteiger partial charge in [0.1, 0.15) is 23.6 Å². The van der Waals surface area contributed by atoms with Gasteiger partial charge in [-0.15, -0.1) is 0 Å². The number of alkyl carbamates (subject to hydrolysis) is 1. The molecule has 4 atom stereocenters. The van der Waals surface area contributed by atoms with Crippen molar-refractivity contribution in [2.45, 2.75) is 62.3 Å². The largest absolute Gasteiger partial charge is 0.458 e. The summed E-state index contributed by atoms with van der Waals surface area (Å²) >= 11 is 5.82. The van der Waals surface area contributed by atoms with Crippen LogP contribution in [0.5, 0.6) is 0 Å². The smallest absolute Gasteiger partial charge is 0.408 e. The maximum Gasteiger partial charge on any atom is 0.408 e. The number of carbonyl (C=O) groups is 3. The Labute approximate surface area is 227 Å². The number of hydrogen-bond acceptors (Lipinski definition) is 8. The summed E-state index contributed by atoms with van der Waals surface area (Å²) in [4.78, 5) is 51.4. The number of β-lactam (4-membered cyclic amide) rings is 1. The molecule has 2 amide bonds. The molecule has 0 aromatic heterocycles. The number of esters is 1. The molecule has 1 heterocycles. The maximum atomic E-state index is 13.3. The minimum absolute atomic E-state index is 0.0864. The SMILES string of the molecule is C=C(C)C(C(=O)OC(C)(C)C)N1C(=O)C(NC(=O)OCc2ccc([N+](=O)[O-])cc2)C1S(=S)c1ccccc1. The van der Waals surface area contributed by atoms with Crippen LogP contribution in [-0.4, -0.2) is 50.9 Å². The number of nitrogens with zero attached hydrogens (tertiary/aromatic N) is 2. The standard InChI is InChI=1S/C26H29N3O7S2/c1-16(2)21(24(31)36-26(3,4)5)28-22(30)20(23(28)38(37)19-9-7-6-8-10-19)27-25(32)35-15-17-11-13-18(14-12-17)29(33)34/h6-14,20-21,23H,1,15H2,2-5H3,(H,27,32). The summed E-state index contributed by atoms with van der Waals surface area (Å²) in [5, 5.41) is 12.7. The Morgan fingerprint density at radius 2 is 1.79 bits per heavy atom. The zero-order valence-corrected chi connectivity index (χ0v) is 23.0. The third-order valence-corrected chi connectivity index (χ3v) is 8.28. The van der Waals surface area contributed by atoms with Gasteiger partial charge in [0.25, 0.3) is 5.69 Å². The molecule has 1 aliphatic rings. The first-order valence-electron chi connectivity index (χ1n) is 11.6. The molecule has 0 saturated carbocycles. The van der Waals surface area contributed by atoms with E-state index < -0.39 is 55.4 Å². The highest BCUT2D eigenvalue weighted by molar-refractivity contribution is 8.29. The van der Waals surface area contributed by atoms with Gasteiger partial charge in [0.05, 0.1) is 4.92 Å². The van der Waals surface area contributed by atoms with Crippen molar-refractivity contribution in [3.05, 3.63) is 82.4 Å². The van der Waals surface area contributed by atoms with Crippen molar-refractivity contribution < 1.29 is 28.8 Å². The first-order valence-corrected chi connectivity index (χ1v) is 13.8. The second kappa shape index (κ2) is 11.8. The first-order chi connectivity index (χ1) is 17.8. The van der Waals surface area contributed by atoms with E-state index in [1.165, 1.54) is 29.2 Å². The van der Waals surface area contributed by atoms with Gasteiger partial charge in [-0.1, -0.05) is 34.2 Å². The Balaban J connectivity index is 1.80. The Morgan fingerprint density at radius 1 is 1.18 bits per heavy atom. The fourth-order valence-corrected chi connectivity index (χ4v) is 6.27. The number of benzene rings is 2. The van der Waals surface area contributed by atoms with Gasteiger partial charge < -0.3 is 19.7 Å². The third kappa shape index (κ3) is 6.81. The molecule has 1 aliphatic heterocycles. The molecule has 202 valence electrons. The van der Waals surface area contributed by atoms with Crippen LogP contribution in [0, 0.1) is 10.1 Å². The molecule has 3 rings (SSSR count). The number of ether oxygens (including phenoxy) is 2. The number of nitro groups is 1. The fourth-order valence-electron chi connectivity index (χ4n) is 3.76. The molecule has 1 fully saturated rings. The topological polar surface area (TPSA) is 128 Å². The monoisotopic (exact) mass is 559 g/mol. The zero-order valence-electron chi connectivity index (χ0n) is 21.4. The van der Waals surface area contributed by atoms with Crippen LogP contribution >= 0.6 is 0 Å². The summed E-state index contributed by atoms with van der Waals surface area (Å²) in [7, 11) is -1.01. The van der Waals surface area contributed by atoms with Crippen LogP contribution in [0.4, 0.5) is 10.5 Å². The molecule has 4 unspecified atom stereocenters. The average Bonchev–Trinajstić information content (AvgIpc) is 2.85. The van der Waals surface area contributed by atoms with Gasteiger partial charge in [-0.25, -0.2) is 9.59 Å². The van der Waals surface area contributed by atoms with E-state index in [1.54, 1.807) is 27.7 Å². The fraction of sp³-hybridized carbons (Fsp3) is 0.346. The van der Waals surface area contributed by atoms with E-state index in [2.05, 4.69) is 11.9 Å². The third-order valence-electron chi connectivity index (χ3n) is 5.44. The first kappa shape index (κ1) is 28.9. The number of likely N-dealkylation sites (tertiary alicyclic amines) is 1.